The number of ether oxygens (including phenoxy) is 1. The number of anilines is 1. The summed E-state index contributed by atoms with van der Waals surface area (Å²) in [4.78, 5) is 23.2. The highest BCUT2D eigenvalue weighted by Gasteiger charge is 2.14. The number of carbonyl (C=O) groups excluding carboxylic acids is 2. The quantitative estimate of drug-likeness (QED) is 0.848. The molecule has 0 fully saturated rings. The van der Waals surface area contributed by atoms with E-state index in [2.05, 4.69) is 15.6 Å². The molecule has 0 atom stereocenters. The van der Waals surface area contributed by atoms with Crippen LogP contribution in [0.1, 0.15) is 17.4 Å². The maximum absolute atomic E-state index is 13.5. The molecule has 2 aromatic rings. The van der Waals surface area contributed by atoms with Crippen LogP contribution in [0.2, 0.25) is 5.02 Å². The van der Waals surface area contributed by atoms with Crippen molar-refractivity contribution in [3.8, 4) is 0 Å². The van der Waals surface area contributed by atoms with Gasteiger partial charge in [-0.15, -0.1) is 5.10 Å². The fraction of sp³-hybridized carbons (Fsp3) is 0.231. The number of hydrogen-bond acceptors (Lipinski definition) is 5. The third-order valence-electron chi connectivity index (χ3n) is 2.53. The molecular formula is C13H12ClFN4O3. The van der Waals surface area contributed by atoms with Crippen molar-refractivity contribution in [1.29, 1.82) is 0 Å². The number of nitrogens with one attached hydrogen (secondary N) is 1. The number of rotatable bonds is 5. The Hall–Kier alpha value is -2.48. The average molecular weight is 327 g/mol. The van der Waals surface area contributed by atoms with E-state index in [1.165, 1.54) is 18.3 Å². The van der Waals surface area contributed by atoms with Gasteiger partial charge in [0.2, 0.25) is 5.91 Å². The van der Waals surface area contributed by atoms with Crippen LogP contribution in [0.4, 0.5) is 10.1 Å². The van der Waals surface area contributed by atoms with Crippen molar-refractivity contribution in [2.75, 3.05) is 11.9 Å². The molecule has 2 rings (SSSR count). The molecule has 1 N–H and O–H groups in total. The van der Waals surface area contributed by atoms with E-state index in [4.69, 9.17) is 16.3 Å². The van der Waals surface area contributed by atoms with Crippen molar-refractivity contribution in [3.05, 3.63) is 40.9 Å². The van der Waals surface area contributed by atoms with Crippen molar-refractivity contribution < 1.29 is 18.7 Å². The lowest BCUT2D eigenvalue weighted by molar-refractivity contribution is -0.117. The summed E-state index contributed by atoms with van der Waals surface area (Å²) >= 11 is 5.62. The first-order chi connectivity index (χ1) is 10.5. The fourth-order valence-corrected chi connectivity index (χ4v) is 1.76. The van der Waals surface area contributed by atoms with Crippen LogP contribution >= 0.6 is 11.6 Å². The molecular weight excluding hydrogens is 315 g/mol. The first kappa shape index (κ1) is 15.9. The first-order valence-electron chi connectivity index (χ1n) is 6.31. The van der Waals surface area contributed by atoms with Crippen molar-refractivity contribution >= 4 is 29.2 Å². The van der Waals surface area contributed by atoms with Gasteiger partial charge in [0.25, 0.3) is 0 Å². The number of esters is 1. The molecule has 0 unspecified atom stereocenters. The van der Waals surface area contributed by atoms with Gasteiger partial charge in [0, 0.05) is 5.02 Å². The molecule has 22 heavy (non-hydrogen) atoms. The highest BCUT2D eigenvalue weighted by atomic mass is 35.5. The van der Waals surface area contributed by atoms with Gasteiger partial charge < -0.3 is 10.1 Å². The Morgan fingerprint density at radius 3 is 2.91 bits per heavy atom. The molecule has 1 aromatic heterocycles. The third-order valence-corrected chi connectivity index (χ3v) is 2.77. The molecule has 1 heterocycles. The summed E-state index contributed by atoms with van der Waals surface area (Å²) in [5, 5.41) is 9.82. The predicted molar refractivity (Wildman–Crippen MR) is 76.0 cm³/mol. The molecule has 0 aliphatic rings. The SMILES string of the molecule is CCOC(=O)c1cn(CC(=O)Nc2ccc(Cl)cc2F)nn1. The number of carbonyl (C=O) groups is 2. The molecule has 9 heteroatoms. The van der Waals surface area contributed by atoms with Crippen LogP contribution in [0.15, 0.2) is 24.4 Å². The van der Waals surface area contributed by atoms with Crippen LogP contribution in [-0.4, -0.2) is 33.5 Å². The molecule has 0 aliphatic carbocycles. The van der Waals surface area contributed by atoms with Gasteiger partial charge in [0.05, 0.1) is 18.5 Å². The van der Waals surface area contributed by atoms with Crippen LogP contribution < -0.4 is 5.32 Å². The lowest BCUT2D eigenvalue weighted by Gasteiger charge is -2.06. The number of nitrogens with zero attached hydrogens (tertiary/aromatic N) is 3. The average Bonchev–Trinajstić information content (AvgIpc) is 2.91. The van der Waals surface area contributed by atoms with E-state index in [-0.39, 0.29) is 29.6 Å². The van der Waals surface area contributed by atoms with E-state index in [0.717, 1.165) is 10.7 Å². The zero-order valence-electron chi connectivity index (χ0n) is 11.5. The number of halogens is 2. The van der Waals surface area contributed by atoms with Crippen molar-refractivity contribution in [2.24, 2.45) is 0 Å². The van der Waals surface area contributed by atoms with Gasteiger partial charge in [-0.2, -0.15) is 0 Å². The second-order valence-electron chi connectivity index (χ2n) is 4.19. The Morgan fingerprint density at radius 2 is 2.23 bits per heavy atom. The third kappa shape index (κ3) is 4.01. The second-order valence-corrected chi connectivity index (χ2v) is 4.63. The summed E-state index contributed by atoms with van der Waals surface area (Å²) in [6.07, 6.45) is 1.27. The maximum Gasteiger partial charge on any atom is 0.360 e. The van der Waals surface area contributed by atoms with E-state index < -0.39 is 17.7 Å². The second kappa shape index (κ2) is 6.99. The highest BCUT2D eigenvalue weighted by molar-refractivity contribution is 6.30. The molecule has 1 amide bonds. The molecule has 0 saturated carbocycles. The summed E-state index contributed by atoms with van der Waals surface area (Å²) < 4.78 is 19.4. The Labute approximate surface area is 130 Å². The van der Waals surface area contributed by atoms with Crippen LogP contribution in [0.25, 0.3) is 0 Å². The van der Waals surface area contributed by atoms with Gasteiger partial charge in [-0.05, 0) is 25.1 Å². The van der Waals surface area contributed by atoms with Crippen LogP contribution in [0.3, 0.4) is 0 Å². The molecule has 0 spiro atoms. The number of hydrogen-bond donors (Lipinski definition) is 1. The normalized spacial score (nSPS) is 10.3. The Bertz CT molecular complexity index is 704. The van der Waals surface area contributed by atoms with E-state index >= 15 is 0 Å². The lowest BCUT2D eigenvalue weighted by Crippen LogP contribution is -2.19. The van der Waals surface area contributed by atoms with Gasteiger partial charge in [0.15, 0.2) is 5.69 Å². The van der Waals surface area contributed by atoms with Gasteiger partial charge in [-0.3, -0.25) is 4.79 Å². The Kier molecular flexibility index (Phi) is 5.05. The molecule has 0 radical (unpaired) electrons. The molecule has 0 saturated heterocycles. The molecule has 0 aliphatic heterocycles. The minimum absolute atomic E-state index is 0.000122. The van der Waals surface area contributed by atoms with E-state index in [9.17, 15) is 14.0 Å². The van der Waals surface area contributed by atoms with Crippen LogP contribution in [-0.2, 0) is 16.1 Å². The predicted octanol–water partition coefficient (Wildman–Crippen LogP) is 1.89. The van der Waals surface area contributed by atoms with E-state index in [0.29, 0.717) is 0 Å². The van der Waals surface area contributed by atoms with Crippen LogP contribution in [0, 0.1) is 5.82 Å². The summed E-state index contributed by atoms with van der Waals surface area (Å²) in [5.41, 5.74) is -0.00699. The van der Waals surface area contributed by atoms with Crippen molar-refractivity contribution in [1.82, 2.24) is 15.0 Å². The van der Waals surface area contributed by atoms with E-state index in [1.54, 1.807) is 6.92 Å². The summed E-state index contributed by atoms with van der Waals surface area (Å²) in [6.45, 7) is 1.65. The number of aromatic nitrogens is 3. The van der Waals surface area contributed by atoms with Gasteiger partial charge in [-0.25, -0.2) is 13.9 Å². The summed E-state index contributed by atoms with van der Waals surface area (Å²) in [7, 11) is 0. The molecule has 1 aromatic carbocycles. The summed E-state index contributed by atoms with van der Waals surface area (Å²) in [5.74, 6) is -1.80. The van der Waals surface area contributed by atoms with Crippen molar-refractivity contribution in [3.63, 3.8) is 0 Å². The van der Waals surface area contributed by atoms with E-state index in [1.807, 2.05) is 0 Å². The molecule has 116 valence electrons. The number of benzene rings is 1. The van der Waals surface area contributed by atoms with Crippen molar-refractivity contribution in [2.45, 2.75) is 13.5 Å². The first-order valence-corrected chi connectivity index (χ1v) is 6.69. The Morgan fingerprint density at radius 1 is 1.45 bits per heavy atom. The standard InChI is InChI=1S/C13H12ClFN4O3/c1-2-22-13(21)11-6-19(18-17-11)7-12(20)16-10-4-3-8(14)5-9(10)15/h3-6H,2,7H2,1H3,(H,16,20). The minimum Gasteiger partial charge on any atom is -0.461 e. The topological polar surface area (TPSA) is 86.1 Å². The fourth-order valence-electron chi connectivity index (χ4n) is 1.60. The maximum atomic E-state index is 13.5. The van der Waals surface area contributed by atoms with Gasteiger partial charge >= 0.3 is 5.97 Å². The monoisotopic (exact) mass is 326 g/mol. The Balaban J connectivity index is 1.99. The molecule has 0 bridgehead atoms. The molecule has 7 nitrogen and oxygen atoms in total. The highest BCUT2D eigenvalue weighted by Crippen LogP contribution is 2.18. The lowest BCUT2D eigenvalue weighted by atomic mass is 10.3. The van der Waals surface area contributed by atoms with Crippen LogP contribution in [0.5, 0.6) is 0 Å². The largest absolute Gasteiger partial charge is 0.461 e. The zero-order valence-corrected chi connectivity index (χ0v) is 12.3. The minimum atomic E-state index is -0.647. The smallest absolute Gasteiger partial charge is 0.360 e. The zero-order chi connectivity index (χ0) is 16.1. The van der Waals surface area contributed by atoms with Gasteiger partial charge in [0.1, 0.15) is 12.4 Å². The number of amides is 1. The summed E-state index contributed by atoms with van der Waals surface area (Å²) in [6, 6.07) is 3.89. The van der Waals surface area contributed by atoms with Gasteiger partial charge in [-0.1, -0.05) is 16.8 Å².